The summed E-state index contributed by atoms with van der Waals surface area (Å²) in [7, 11) is 0. The minimum Gasteiger partial charge on any atom is -0.394 e. The summed E-state index contributed by atoms with van der Waals surface area (Å²) < 4.78 is 5.27. The van der Waals surface area contributed by atoms with Crippen molar-refractivity contribution in [2.45, 2.75) is 129 Å². The topological polar surface area (TPSA) is 69.9 Å². The van der Waals surface area contributed by atoms with Gasteiger partial charge in [0.05, 0.1) is 13.2 Å². The Bertz CT molecular complexity index is 234. The predicted octanol–water partition coefficient (Wildman–Crippen LogP) is 5.96. The van der Waals surface area contributed by atoms with E-state index < -0.39 is 6.29 Å². The lowest BCUT2D eigenvalue weighted by Crippen LogP contribution is -2.10. The van der Waals surface area contributed by atoms with Crippen LogP contribution < -0.4 is 0 Å². The third kappa shape index (κ3) is 30.8. The standard InChI is InChI=1S/C21H44O2.C2H6O2/c1-3-5-6-7-8-9-10-11-12-13-14-15-16-17-18-19-20-23-21(22)4-2;3-1-2-4/h21-22H,3-20H2,1-2H3;3-4H,1-2H2. The van der Waals surface area contributed by atoms with Crippen LogP contribution in [-0.2, 0) is 4.74 Å². The summed E-state index contributed by atoms with van der Waals surface area (Å²) in [6.45, 7) is 4.69. The van der Waals surface area contributed by atoms with Crippen LogP contribution in [0.2, 0.25) is 0 Å². The van der Waals surface area contributed by atoms with E-state index in [0.717, 1.165) is 6.42 Å². The molecule has 0 saturated carbocycles. The quantitative estimate of drug-likeness (QED) is 0.177. The minimum atomic E-state index is -0.550. The molecule has 0 aromatic carbocycles. The van der Waals surface area contributed by atoms with Gasteiger partial charge in [0, 0.05) is 6.61 Å². The summed E-state index contributed by atoms with van der Waals surface area (Å²) in [6.07, 6.45) is 22.4. The predicted molar refractivity (Wildman–Crippen MR) is 116 cm³/mol. The van der Waals surface area contributed by atoms with E-state index in [1.54, 1.807) is 0 Å². The zero-order chi connectivity index (χ0) is 20.4. The maximum absolute atomic E-state index is 9.26. The van der Waals surface area contributed by atoms with E-state index in [1.807, 2.05) is 6.92 Å². The van der Waals surface area contributed by atoms with E-state index in [2.05, 4.69) is 6.92 Å². The van der Waals surface area contributed by atoms with Crippen molar-refractivity contribution in [3.05, 3.63) is 0 Å². The summed E-state index contributed by atoms with van der Waals surface area (Å²) in [4.78, 5) is 0. The number of unbranched alkanes of at least 4 members (excludes halogenated alkanes) is 15. The zero-order valence-corrected chi connectivity index (χ0v) is 18.5. The lowest BCUT2D eigenvalue weighted by atomic mass is 10.0. The summed E-state index contributed by atoms with van der Waals surface area (Å²) in [5.41, 5.74) is 0. The maximum atomic E-state index is 9.26. The highest BCUT2D eigenvalue weighted by molar-refractivity contribution is 4.50. The van der Waals surface area contributed by atoms with E-state index in [4.69, 9.17) is 14.9 Å². The van der Waals surface area contributed by atoms with Gasteiger partial charge in [-0.1, -0.05) is 110 Å². The first kappa shape index (κ1) is 29.0. The van der Waals surface area contributed by atoms with E-state index in [-0.39, 0.29) is 13.2 Å². The third-order valence-corrected chi connectivity index (χ3v) is 4.76. The molecule has 0 amide bonds. The van der Waals surface area contributed by atoms with Gasteiger partial charge in [0.15, 0.2) is 6.29 Å². The van der Waals surface area contributed by atoms with Crippen molar-refractivity contribution in [2.75, 3.05) is 19.8 Å². The summed E-state index contributed by atoms with van der Waals surface area (Å²) in [6, 6.07) is 0. The van der Waals surface area contributed by atoms with Crippen LogP contribution >= 0.6 is 0 Å². The van der Waals surface area contributed by atoms with Gasteiger partial charge in [0.2, 0.25) is 0 Å². The highest BCUT2D eigenvalue weighted by Crippen LogP contribution is 2.13. The first-order valence-corrected chi connectivity index (χ1v) is 11.7. The molecular formula is C23H50O4. The molecule has 0 heterocycles. The fraction of sp³-hybridized carbons (Fsp3) is 1.00. The molecule has 0 spiro atoms. The zero-order valence-electron chi connectivity index (χ0n) is 18.5. The van der Waals surface area contributed by atoms with Crippen LogP contribution in [0.4, 0.5) is 0 Å². The molecule has 1 atom stereocenters. The first-order chi connectivity index (χ1) is 13.2. The molecule has 0 aliphatic rings. The van der Waals surface area contributed by atoms with Crippen molar-refractivity contribution >= 4 is 0 Å². The molecule has 0 aromatic heterocycles. The van der Waals surface area contributed by atoms with Gasteiger partial charge in [-0.05, 0) is 12.8 Å². The molecule has 3 N–H and O–H groups in total. The minimum absolute atomic E-state index is 0.125. The van der Waals surface area contributed by atoms with Crippen molar-refractivity contribution in [3.8, 4) is 0 Å². The van der Waals surface area contributed by atoms with Crippen molar-refractivity contribution in [3.63, 3.8) is 0 Å². The summed E-state index contributed by atoms with van der Waals surface area (Å²) in [5.74, 6) is 0. The molecule has 0 saturated heterocycles. The van der Waals surface area contributed by atoms with Crippen LogP contribution in [0.15, 0.2) is 0 Å². The van der Waals surface area contributed by atoms with E-state index in [1.165, 1.54) is 96.3 Å². The number of hydrogen-bond donors (Lipinski definition) is 3. The van der Waals surface area contributed by atoms with Gasteiger partial charge < -0.3 is 20.1 Å². The van der Waals surface area contributed by atoms with Crippen molar-refractivity contribution in [1.82, 2.24) is 0 Å². The molecule has 0 bridgehead atoms. The van der Waals surface area contributed by atoms with E-state index in [0.29, 0.717) is 13.0 Å². The Balaban J connectivity index is 0. The number of aliphatic hydroxyl groups excluding tert-OH is 3. The van der Waals surface area contributed by atoms with Crippen LogP contribution in [0.25, 0.3) is 0 Å². The van der Waals surface area contributed by atoms with Gasteiger partial charge in [0.25, 0.3) is 0 Å². The molecule has 4 heteroatoms. The summed E-state index contributed by atoms with van der Waals surface area (Å²) >= 11 is 0. The second-order valence-corrected chi connectivity index (χ2v) is 7.48. The lowest BCUT2D eigenvalue weighted by Gasteiger charge is -2.08. The largest absolute Gasteiger partial charge is 0.394 e. The third-order valence-electron chi connectivity index (χ3n) is 4.76. The molecule has 0 radical (unpaired) electrons. The SMILES string of the molecule is CCCCCCCCCCCCCCCCCCOC(O)CC.OCCO. The second-order valence-electron chi connectivity index (χ2n) is 7.48. The van der Waals surface area contributed by atoms with Gasteiger partial charge in [-0.2, -0.15) is 0 Å². The normalized spacial score (nSPS) is 11.9. The maximum Gasteiger partial charge on any atom is 0.154 e. The van der Waals surface area contributed by atoms with Gasteiger partial charge in [0.1, 0.15) is 0 Å². The van der Waals surface area contributed by atoms with Gasteiger partial charge in [-0.25, -0.2) is 0 Å². The number of aliphatic hydroxyl groups is 3. The van der Waals surface area contributed by atoms with Crippen LogP contribution in [-0.4, -0.2) is 41.4 Å². The van der Waals surface area contributed by atoms with Crippen molar-refractivity contribution in [1.29, 1.82) is 0 Å². The van der Waals surface area contributed by atoms with Crippen molar-refractivity contribution in [2.24, 2.45) is 0 Å². The molecule has 0 fully saturated rings. The van der Waals surface area contributed by atoms with Gasteiger partial charge in [-0.3, -0.25) is 0 Å². The van der Waals surface area contributed by atoms with Gasteiger partial charge in [-0.15, -0.1) is 0 Å². The molecule has 0 aromatic rings. The van der Waals surface area contributed by atoms with Crippen LogP contribution in [0, 0.1) is 0 Å². The second kappa shape index (κ2) is 28.1. The lowest BCUT2D eigenvalue weighted by molar-refractivity contribution is -0.101. The van der Waals surface area contributed by atoms with Gasteiger partial charge >= 0.3 is 0 Å². The Morgan fingerprint density at radius 1 is 0.556 bits per heavy atom. The molecular weight excluding hydrogens is 340 g/mol. The molecule has 0 rings (SSSR count). The van der Waals surface area contributed by atoms with Crippen molar-refractivity contribution < 1.29 is 20.1 Å². The average Bonchev–Trinajstić information content (AvgIpc) is 2.70. The highest BCUT2D eigenvalue weighted by atomic mass is 16.6. The van der Waals surface area contributed by atoms with Crippen LogP contribution in [0.1, 0.15) is 123 Å². The molecule has 27 heavy (non-hydrogen) atoms. The Hall–Kier alpha value is -0.160. The molecule has 0 aliphatic heterocycles. The Kier molecular flexibility index (Phi) is 30.2. The Morgan fingerprint density at radius 2 is 0.889 bits per heavy atom. The Morgan fingerprint density at radius 3 is 1.19 bits per heavy atom. The highest BCUT2D eigenvalue weighted by Gasteiger charge is 1.99. The fourth-order valence-corrected chi connectivity index (χ4v) is 2.99. The average molecular weight is 391 g/mol. The fourth-order valence-electron chi connectivity index (χ4n) is 2.99. The first-order valence-electron chi connectivity index (χ1n) is 11.7. The summed E-state index contributed by atoms with van der Waals surface area (Å²) in [5, 5.41) is 24.5. The van der Waals surface area contributed by atoms with E-state index >= 15 is 0 Å². The molecule has 4 nitrogen and oxygen atoms in total. The van der Waals surface area contributed by atoms with Crippen LogP contribution in [0.5, 0.6) is 0 Å². The van der Waals surface area contributed by atoms with Crippen LogP contribution in [0.3, 0.4) is 0 Å². The van der Waals surface area contributed by atoms with E-state index in [9.17, 15) is 5.11 Å². The molecule has 0 aliphatic carbocycles. The number of hydrogen-bond acceptors (Lipinski definition) is 4. The smallest absolute Gasteiger partial charge is 0.154 e. The monoisotopic (exact) mass is 390 g/mol. The number of ether oxygens (including phenoxy) is 1. The number of rotatable bonds is 20. The Labute approximate surface area is 169 Å². The molecule has 1 unspecified atom stereocenters. The molecule has 166 valence electrons.